The molecule has 3 aromatic rings. The van der Waals surface area contributed by atoms with E-state index < -0.39 is 10.0 Å². The van der Waals surface area contributed by atoms with Crippen molar-refractivity contribution in [2.75, 3.05) is 20.6 Å². The first-order valence-corrected chi connectivity index (χ1v) is 10.8. The highest BCUT2D eigenvalue weighted by molar-refractivity contribution is 7.89. The second-order valence-electron chi connectivity index (χ2n) is 7.15. The van der Waals surface area contributed by atoms with Gasteiger partial charge >= 0.3 is 0 Å². The molecule has 0 saturated carbocycles. The highest BCUT2D eigenvalue weighted by Crippen LogP contribution is 2.20. The number of aromatic nitrogens is 2. The lowest BCUT2D eigenvalue weighted by Crippen LogP contribution is -2.39. The minimum absolute atomic E-state index is 0.0795. The number of sulfonamides is 1. The van der Waals surface area contributed by atoms with Crippen LogP contribution in [-0.2, 0) is 21.4 Å². The minimum Gasteiger partial charge on any atom is -0.337 e. The first-order chi connectivity index (χ1) is 14.2. The third-order valence-electron chi connectivity index (χ3n) is 4.74. The summed E-state index contributed by atoms with van der Waals surface area (Å²) in [5.41, 5.74) is 2.82. The van der Waals surface area contributed by atoms with Gasteiger partial charge in [-0.05, 0) is 31.5 Å². The molecule has 0 aliphatic rings. The summed E-state index contributed by atoms with van der Waals surface area (Å²) in [5.74, 6) is 0.333. The van der Waals surface area contributed by atoms with Gasteiger partial charge in [0.15, 0.2) is 0 Å². The first-order valence-electron chi connectivity index (χ1n) is 9.34. The highest BCUT2D eigenvalue weighted by atomic mass is 32.2. The molecule has 0 bridgehead atoms. The van der Waals surface area contributed by atoms with E-state index in [1.807, 2.05) is 38.1 Å². The standard InChI is InChI=1S/C21H24N4O4S/c1-15-9-11-17(12-10-15)30(27,28)25(4)14-20(26)24(3)13-19-22-21(23-29-19)18-8-6-5-7-16(18)2/h5-12H,13-14H2,1-4H3. The van der Waals surface area contributed by atoms with E-state index in [-0.39, 0.29) is 29.8 Å². The van der Waals surface area contributed by atoms with Gasteiger partial charge in [-0.2, -0.15) is 9.29 Å². The summed E-state index contributed by atoms with van der Waals surface area (Å²) in [6.07, 6.45) is 0. The maximum atomic E-state index is 12.7. The van der Waals surface area contributed by atoms with E-state index in [1.165, 1.54) is 24.1 Å². The van der Waals surface area contributed by atoms with Crippen molar-refractivity contribution < 1.29 is 17.7 Å². The van der Waals surface area contributed by atoms with Crippen LogP contribution in [-0.4, -0.2) is 54.3 Å². The third-order valence-corrected chi connectivity index (χ3v) is 6.56. The predicted octanol–water partition coefficient (Wildman–Crippen LogP) is 2.63. The zero-order valence-corrected chi connectivity index (χ0v) is 18.2. The van der Waals surface area contributed by atoms with Crippen LogP contribution in [0.15, 0.2) is 57.9 Å². The largest absolute Gasteiger partial charge is 0.337 e. The number of carbonyl (C=O) groups excluding carboxylic acids is 1. The van der Waals surface area contributed by atoms with Gasteiger partial charge in [-0.3, -0.25) is 4.79 Å². The summed E-state index contributed by atoms with van der Waals surface area (Å²) in [7, 11) is -0.819. The number of likely N-dealkylation sites (N-methyl/N-ethyl adjacent to an activating group) is 2. The minimum atomic E-state index is -3.76. The molecular weight excluding hydrogens is 404 g/mol. The second kappa shape index (κ2) is 8.76. The zero-order valence-electron chi connectivity index (χ0n) is 17.4. The predicted molar refractivity (Wildman–Crippen MR) is 112 cm³/mol. The van der Waals surface area contributed by atoms with Gasteiger partial charge < -0.3 is 9.42 Å². The number of amides is 1. The fraction of sp³-hybridized carbons (Fsp3) is 0.286. The van der Waals surface area contributed by atoms with Crippen molar-refractivity contribution in [1.29, 1.82) is 0 Å². The smallest absolute Gasteiger partial charge is 0.246 e. The SMILES string of the molecule is Cc1ccc(S(=O)(=O)N(C)CC(=O)N(C)Cc2nc(-c3ccccc3C)no2)cc1. The molecule has 0 atom stereocenters. The van der Waals surface area contributed by atoms with Crippen molar-refractivity contribution in [3.8, 4) is 11.4 Å². The maximum absolute atomic E-state index is 12.7. The van der Waals surface area contributed by atoms with E-state index in [4.69, 9.17) is 4.52 Å². The van der Waals surface area contributed by atoms with Crippen LogP contribution in [0.4, 0.5) is 0 Å². The molecule has 0 saturated heterocycles. The normalized spacial score (nSPS) is 11.6. The van der Waals surface area contributed by atoms with Crippen LogP contribution in [0.5, 0.6) is 0 Å². The van der Waals surface area contributed by atoms with E-state index in [0.717, 1.165) is 21.0 Å². The number of hydrogen-bond donors (Lipinski definition) is 0. The Labute approximate surface area is 176 Å². The maximum Gasteiger partial charge on any atom is 0.246 e. The molecule has 1 aromatic heterocycles. The molecule has 30 heavy (non-hydrogen) atoms. The molecular formula is C21H24N4O4S. The summed E-state index contributed by atoms with van der Waals surface area (Å²) in [4.78, 5) is 18.4. The molecule has 0 N–H and O–H groups in total. The van der Waals surface area contributed by atoms with Gasteiger partial charge in [0.1, 0.15) is 0 Å². The van der Waals surface area contributed by atoms with Gasteiger partial charge in [0.2, 0.25) is 27.6 Å². The van der Waals surface area contributed by atoms with Gasteiger partial charge in [-0.1, -0.05) is 47.1 Å². The molecule has 0 radical (unpaired) electrons. The van der Waals surface area contributed by atoms with E-state index in [9.17, 15) is 13.2 Å². The molecule has 9 heteroatoms. The topological polar surface area (TPSA) is 96.6 Å². The van der Waals surface area contributed by atoms with E-state index >= 15 is 0 Å². The fourth-order valence-corrected chi connectivity index (χ4v) is 3.95. The Balaban J connectivity index is 1.65. The van der Waals surface area contributed by atoms with Crippen LogP contribution in [0, 0.1) is 13.8 Å². The van der Waals surface area contributed by atoms with Gasteiger partial charge in [-0.15, -0.1) is 0 Å². The summed E-state index contributed by atoms with van der Waals surface area (Å²) < 4.78 is 31.6. The van der Waals surface area contributed by atoms with Crippen LogP contribution >= 0.6 is 0 Å². The molecule has 0 fully saturated rings. The Bertz CT molecular complexity index is 1140. The lowest BCUT2D eigenvalue weighted by Gasteiger charge is -2.20. The Kier molecular flexibility index (Phi) is 6.33. The Morgan fingerprint density at radius 2 is 1.70 bits per heavy atom. The van der Waals surface area contributed by atoms with E-state index in [0.29, 0.717) is 5.82 Å². The van der Waals surface area contributed by atoms with Crippen molar-refractivity contribution in [1.82, 2.24) is 19.3 Å². The van der Waals surface area contributed by atoms with Crippen LogP contribution in [0.2, 0.25) is 0 Å². The molecule has 1 heterocycles. The molecule has 0 unspecified atom stereocenters. The summed E-state index contributed by atoms with van der Waals surface area (Å²) in [6.45, 7) is 3.60. The summed E-state index contributed by atoms with van der Waals surface area (Å²) >= 11 is 0. The van der Waals surface area contributed by atoms with Crippen molar-refractivity contribution >= 4 is 15.9 Å². The Morgan fingerprint density at radius 3 is 2.37 bits per heavy atom. The summed E-state index contributed by atoms with van der Waals surface area (Å²) in [6, 6.07) is 14.1. The third kappa shape index (κ3) is 4.74. The van der Waals surface area contributed by atoms with Crippen LogP contribution < -0.4 is 0 Å². The first kappa shape index (κ1) is 21.7. The molecule has 2 aromatic carbocycles. The van der Waals surface area contributed by atoms with Gasteiger partial charge in [0, 0.05) is 19.7 Å². The zero-order chi connectivity index (χ0) is 21.9. The number of rotatable bonds is 7. The number of aryl methyl sites for hydroxylation is 2. The highest BCUT2D eigenvalue weighted by Gasteiger charge is 2.25. The Hall–Kier alpha value is -3.04. The van der Waals surface area contributed by atoms with Crippen LogP contribution in [0.25, 0.3) is 11.4 Å². The molecule has 0 aliphatic heterocycles. The number of nitrogens with zero attached hydrogens (tertiary/aromatic N) is 4. The monoisotopic (exact) mass is 428 g/mol. The number of carbonyl (C=O) groups is 1. The van der Waals surface area contributed by atoms with Crippen molar-refractivity contribution in [2.45, 2.75) is 25.3 Å². The van der Waals surface area contributed by atoms with Crippen LogP contribution in [0.1, 0.15) is 17.0 Å². The van der Waals surface area contributed by atoms with Gasteiger partial charge in [0.05, 0.1) is 18.0 Å². The molecule has 0 spiro atoms. The summed E-state index contributed by atoms with van der Waals surface area (Å²) in [5, 5.41) is 3.98. The van der Waals surface area contributed by atoms with E-state index in [2.05, 4.69) is 10.1 Å². The number of hydrogen-bond acceptors (Lipinski definition) is 6. The molecule has 0 aliphatic carbocycles. The Morgan fingerprint density at radius 1 is 1.03 bits per heavy atom. The quantitative estimate of drug-likeness (QED) is 0.574. The van der Waals surface area contributed by atoms with Crippen molar-refractivity contribution in [3.63, 3.8) is 0 Å². The van der Waals surface area contributed by atoms with Crippen LogP contribution in [0.3, 0.4) is 0 Å². The number of benzene rings is 2. The van der Waals surface area contributed by atoms with Gasteiger partial charge in [0.25, 0.3) is 0 Å². The average molecular weight is 429 g/mol. The molecule has 158 valence electrons. The average Bonchev–Trinajstić information content (AvgIpc) is 3.16. The fourth-order valence-electron chi connectivity index (χ4n) is 2.83. The van der Waals surface area contributed by atoms with Crippen molar-refractivity contribution in [2.24, 2.45) is 0 Å². The second-order valence-corrected chi connectivity index (χ2v) is 9.20. The van der Waals surface area contributed by atoms with Crippen molar-refractivity contribution in [3.05, 3.63) is 65.5 Å². The lowest BCUT2D eigenvalue weighted by atomic mass is 10.1. The molecule has 1 amide bonds. The van der Waals surface area contributed by atoms with Gasteiger partial charge in [-0.25, -0.2) is 8.42 Å². The molecule has 8 nitrogen and oxygen atoms in total. The lowest BCUT2D eigenvalue weighted by molar-refractivity contribution is -0.130. The van der Waals surface area contributed by atoms with E-state index in [1.54, 1.807) is 19.2 Å². The molecule has 3 rings (SSSR count).